The third-order valence-electron chi connectivity index (χ3n) is 7.53. The molecule has 10 heteroatoms. The number of nitrogens with one attached hydrogen (secondary N) is 1. The predicted octanol–water partition coefficient (Wildman–Crippen LogP) is 8.61. The van der Waals surface area contributed by atoms with Gasteiger partial charge < -0.3 is 9.74 Å². The van der Waals surface area contributed by atoms with Crippen LogP contribution in [0.15, 0.2) is 65.6 Å². The number of pyridine rings is 1. The van der Waals surface area contributed by atoms with Crippen molar-refractivity contribution in [3.8, 4) is 32.9 Å². The van der Waals surface area contributed by atoms with Gasteiger partial charge in [0.1, 0.15) is 16.5 Å². The molecule has 7 nitrogen and oxygen atoms in total. The van der Waals surface area contributed by atoms with Crippen LogP contribution in [0.4, 0.5) is 11.5 Å². The van der Waals surface area contributed by atoms with Crippen molar-refractivity contribution in [2.24, 2.45) is 0 Å². The number of hydrogen-bond donors (Lipinski definition) is 1. The van der Waals surface area contributed by atoms with Crippen molar-refractivity contribution in [1.29, 1.82) is 5.26 Å². The monoisotopic (exact) mass is 598 g/mol. The molecule has 0 spiro atoms. The lowest BCUT2D eigenvalue weighted by Crippen LogP contribution is -2.41. The van der Waals surface area contributed by atoms with Crippen LogP contribution in [0.1, 0.15) is 37.6 Å². The number of nitrogens with zero attached hydrogens (tertiary/aromatic N) is 5. The zero-order valence-electron chi connectivity index (χ0n) is 24.2. The first kappa shape index (κ1) is 28.9. The van der Waals surface area contributed by atoms with Crippen LogP contribution in [0.3, 0.4) is 0 Å². The molecule has 0 amide bonds. The number of rotatable bonds is 9. The van der Waals surface area contributed by atoms with Crippen LogP contribution < -0.4 is 5.32 Å². The van der Waals surface area contributed by atoms with Crippen LogP contribution in [0.5, 0.6) is 0 Å². The summed E-state index contributed by atoms with van der Waals surface area (Å²) in [4.78, 5) is 10.5. The highest BCUT2D eigenvalue weighted by Gasteiger charge is 2.37. The second kappa shape index (κ2) is 11.7. The molecule has 4 heterocycles. The topological polar surface area (TPSA) is 88.6 Å². The van der Waals surface area contributed by atoms with Gasteiger partial charge in [0.05, 0.1) is 17.3 Å². The molecule has 0 saturated heterocycles. The molecule has 0 radical (unpaired) electrons. The Balaban J connectivity index is 1.58. The summed E-state index contributed by atoms with van der Waals surface area (Å²) in [5.74, 6) is 0.757. The molecule has 0 atom stereocenters. The highest BCUT2D eigenvalue weighted by molar-refractivity contribution is 7.13. The summed E-state index contributed by atoms with van der Waals surface area (Å²) in [6, 6.07) is 16.2. The van der Waals surface area contributed by atoms with Gasteiger partial charge in [0.15, 0.2) is 8.32 Å². The molecule has 5 aromatic rings. The van der Waals surface area contributed by atoms with E-state index < -0.39 is 8.32 Å². The normalized spacial score (nSPS) is 11.9. The number of hydrogen-bond acceptors (Lipinski definition) is 8. The van der Waals surface area contributed by atoms with Gasteiger partial charge in [-0.15, -0.1) is 22.7 Å². The number of aromatic nitrogens is 4. The van der Waals surface area contributed by atoms with E-state index in [0.29, 0.717) is 18.6 Å². The molecular formula is C31H34N6OS2Si. The molecule has 0 saturated carbocycles. The van der Waals surface area contributed by atoms with Gasteiger partial charge in [0.25, 0.3) is 0 Å². The average Bonchev–Trinajstić information content (AvgIpc) is 3.72. The molecule has 1 N–H and O–H groups in total. The average molecular weight is 599 g/mol. The Hall–Kier alpha value is -3.62. The first-order valence-electron chi connectivity index (χ1n) is 13.5. The van der Waals surface area contributed by atoms with E-state index in [1.54, 1.807) is 28.9 Å². The Morgan fingerprint density at radius 2 is 1.93 bits per heavy atom. The molecular weight excluding hydrogens is 565 g/mol. The first-order chi connectivity index (χ1) is 19.6. The SMILES string of the molecule is Cc1cc(-n2ccc(-c3nccs3)n2)c(CCO[Si](C)(C)C(C)(C)C)c(Nc2ccc(C#N)cc2-c2cccs2)n1. The summed E-state index contributed by atoms with van der Waals surface area (Å²) >= 11 is 3.21. The molecule has 210 valence electrons. The summed E-state index contributed by atoms with van der Waals surface area (Å²) in [5, 5.41) is 23.1. The Morgan fingerprint density at radius 3 is 2.61 bits per heavy atom. The first-order valence-corrected chi connectivity index (χ1v) is 18.2. The number of anilines is 2. The second-order valence-corrected chi connectivity index (χ2v) is 18.1. The lowest BCUT2D eigenvalue weighted by molar-refractivity contribution is 0.292. The molecule has 0 bridgehead atoms. The van der Waals surface area contributed by atoms with Crippen molar-refractivity contribution in [3.05, 3.63) is 82.4 Å². The van der Waals surface area contributed by atoms with Gasteiger partial charge in [-0.3, -0.25) is 0 Å². The summed E-state index contributed by atoms with van der Waals surface area (Å²) < 4.78 is 8.53. The van der Waals surface area contributed by atoms with Gasteiger partial charge in [-0.2, -0.15) is 10.4 Å². The minimum absolute atomic E-state index is 0.116. The maximum Gasteiger partial charge on any atom is 0.191 e. The van der Waals surface area contributed by atoms with Crippen molar-refractivity contribution >= 4 is 42.5 Å². The highest BCUT2D eigenvalue weighted by Crippen LogP contribution is 2.38. The minimum atomic E-state index is -1.95. The molecule has 1 aromatic carbocycles. The molecule has 0 aliphatic carbocycles. The highest BCUT2D eigenvalue weighted by atomic mass is 32.1. The van der Waals surface area contributed by atoms with E-state index in [9.17, 15) is 5.26 Å². The maximum atomic E-state index is 9.57. The van der Waals surface area contributed by atoms with Crippen molar-refractivity contribution in [1.82, 2.24) is 19.7 Å². The molecule has 0 unspecified atom stereocenters. The molecule has 0 aliphatic rings. The van der Waals surface area contributed by atoms with Gasteiger partial charge in [0.2, 0.25) is 0 Å². The molecule has 41 heavy (non-hydrogen) atoms. The summed E-state index contributed by atoms with van der Waals surface area (Å²) in [7, 11) is -1.95. The van der Waals surface area contributed by atoms with Gasteiger partial charge in [-0.1, -0.05) is 26.8 Å². The minimum Gasteiger partial charge on any atom is -0.416 e. The van der Waals surface area contributed by atoms with Crippen LogP contribution >= 0.6 is 22.7 Å². The second-order valence-electron chi connectivity index (χ2n) is 11.4. The van der Waals surface area contributed by atoms with Crippen LogP contribution in [-0.2, 0) is 10.8 Å². The Morgan fingerprint density at radius 1 is 1.10 bits per heavy atom. The maximum absolute atomic E-state index is 9.57. The van der Waals surface area contributed by atoms with Crippen molar-refractivity contribution in [2.75, 3.05) is 11.9 Å². The standard InChI is InChI=1S/C31H34N6OS2Si/c1-21-18-27(37-14-11-26(36-37)30-33-13-17-40-30)23(12-15-38-41(5,6)31(2,3)4)29(34-21)35-25-10-9-22(20-32)19-24(25)28-8-7-16-39-28/h7-11,13-14,16-19H,12,15H2,1-6H3,(H,34,35). The third kappa shape index (κ3) is 6.34. The zero-order chi connectivity index (χ0) is 29.2. The summed E-state index contributed by atoms with van der Waals surface area (Å²) in [6.45, 7) is 13.9. The lowest BCUT2D eigenvalue weighted by Gasteiger charge is -2.36. The van der Waals surface area contributed by atoms with E-state index in [1.807, 2.05) is 58.9 Å². The van der Waals surface area contributed by atoms with Crippen LogP contribution in [0.2, 0.25) is 18.1 Å². The third-order valence-corrected chi connectivity index (χ3v) is 13.8. The Bertz CT molecular complexity index is 1680. The largest absolute Gasteiger partial charge is 0.416 e. The number of nitriles is 1. The van der Waals surface area contributed by atoms with Crippen molar-refractivity contribution in [2.45, 2.75) is 52.2 Å². The zero-order valence-corrected chi connectivity index (χ0v) is 26.9. The Labute approximate surface area is 250 Å². The molecule has 5 rings (SSSR count). The van der Waals surface area contributed by atoms with Gasteiger partial charge in [-0.25, -0.2) is 14.6 Å². The lowest BCUT2D eigenvalue weighted by atomic mass is 10.1. The van der Waals surface area contributed by atoms with E-state index in [4.69, 9.17) is 14.5 Å². The fourth-order valence-electron chi connectivity index (χ4n) is 4.27. The van der Waals surface area contributed by atoms with Gasteiger partial charge in [-0.05, 0) is 66.8 Å². The van der Waals surface area contributed by atoms with E-state index in [-0.39, 0.29) is 5.04 Å². The quantitative estimate of drug-likeness (QED) is 0.171. The van der Waals surface area contributed by atoms with E-state index in [1.165, 1.54) is 0 Å². The van der Waals surface area contributed by atoms with E-state index >= 15 is 0 Å². The Kier molecular flexibility index (Phi) is 8.24. The number of aryl methyl sites for hydroxylation is 1. The molecule has 4 aromatic heterocycles. The molecule has 0 fully saturated rings. The smallest absolute Gasteiger partial charge is 0.191 e. The van der Waals surface area contributed by atoms with Gasteiger partial charge >= 0.3 is 0 Å². The number of thiazole rings is 1. The number of thiophene rings is 1. The molecule has 0 aliphatic heterocycles. The van der Waals surface area contributed by atoms with Gasteiger partial charge in [0, 0.05) is 58.2 Å². The number of benzene rings is 1. The van der Waals surface area contributed by atoms with Crippen LogP contribution in [0.25, 0.3) is 26.8 Å². The predicted molar refractivity (Wildman–Crippen MR) is 172 cm³/mol. The summed E-state index contributed by atoms with van der Waals surface area (Å²) in [5.41, 5.74) is 6.15. The fraction of sp³-hybridized carbons (Fsp3) is 0.290. The van der Waals surface area contributed by atoms with Crippen LogP contribution in [0, 0.1) is 18.3 Å². The van der Waals surface area contributed by atoms with Crippen LogP contribution in [-0.4, -0.2) is 34.7 Å². The van der Waals surface area contributed by atoms with Crippen molar-refractivity contribution in [3.63, 3.8) is 0 Å². The van der Waals surface area contributed by atoms with E-state index in [0.717, 1.165) is 49.6 Å². The fourth-order valence-corrected chi connectivity index (χ4v) is 6.67. The van der Waals surface area contributed by atoms with Crippen molar-refractivity contribution < 1.29 is 4.43 Å². The summed E-state index contributed by atoms with van der Waals surface area (Å²) in [6.07, 6.45) is 4.44. The van der Waals surface area contributed by atoms with E-state index in [2.05, 4.69) is 62.4 Å².